The van der Waals surface area contributed by atoms with Crippen molar-refractivity contribution in [2.24, 2.45) is 0 Å². The lowest BCUT2D eigenvalue weighted by atomic mass is 10.1. The maximum absolute atomic E-state index is 11.8. The van der Waals surface area contributed by atoms with Crippen molar-refractivity contribution in [1.29, 1.82) is 0 Å². The Morgan fingerprint density at radius 3 is 2.54 bits per heavy atom. The number of hydrogen-bond donors (Lipinski definition) is 1. The Kier molecular flexibility index (Phi) is 6.36. The zero-order chi connectivity index (χ0) is 17.5. The number of carbonyl (C=O) groups is 2. The van der Waals surface area contributed by atoms with Crippen molar-refractivity contribution in [1.82, 2.24) is 14.8 Å². The number of rotatable bonds is 6. The van der Waals surface area contributed by atoms with Crippen LogP contribution in [0.1, 0.15) is 25.5 Å². The molecule has 1 saturated heterocycles. The van der Waals surface area contributed by atoms with E-state index in [0.717, 1.165) is 0 Å². The highest BCUT2D eigenvalue weighted by Crippen LogP contribution is 2.29. The summed E-state index contributed by atoms with van der Waals surface area (Å²) in [6.45, 7) is 6.04. The van der Waals surface area contributed by atoms with Crippen LogP contribution in [0, 0.1) is 0 Å². The Balaban J connectivity index is 2.13. The van der Waals surface area contributed by atoms with Crippen molar-refractivity contribution in [3.63, 3.8) is 0 Å². The maximum Gasteiger partial charge on any atom is 0.409 e. The van der Waals surface area contributed by atoms with Crippen LogP contribution < -0.4 is 4.74 Å². The van der Waals surface area contributed by atoms with Gasteiger partial charge in [0.1, 0.15) is 6.04 Å². The molecular formula is C16H23N3O5. The minimum Gasteiger partial charge on any atom is -0.480 e. The summed E-state index contributed by atoms with van der Waals surface area (Å²) in [5.41, 5.74) is 0.524. The van der Waals surface area contributed by atoms with Crippen molar-refractivity contribution in [2.45, 2.75) is 19.9 Å². The third-order valence-corrected chi connectivity index (χ3v) is 3.82. The van der Waals surface area contributed by atoms with Crippen molar-refractivity contribution in [3.05, 3.63) is 23.9 Å². The Labute approximate surface area is 141 Å². The highest BCUT2D eigenvalue weighted by Gasteiger charge is 2.34. The average molecular weight is 337 g/mol. The third-order valence-electron chi connectivity index (χ3n) is 3.82. The molecule has 2 rings (SSSR count). The lowest BCUT2D eigenvalue weighted by molar-refractivity contribution is -0.144. The van der Waals surface area contributed by atoms with Crippen molar-refractivity contribution < 1.29 is 24.2 Å². The predicted molar refractivity (Wildman–Crippen MR) is 86.0 cm³/mol. The van der Waals surface area contributed by atoms with Gasteiger partial charge in [0.25, 0.3) is 0 Å². The van der Waals surface area contributed by atoms with E-state index in [1.54, 1.807) is 30.2 Å². The SMILES string of the molecule is CCOC(=O)N1CCN([C@@H](C(=O)O)c2cccnc2OCC)CC1. The van der Waals surface area contributed by atoms with Gasteiger partial charge < -0.3 is 19.5 Å². The number of pyridine rings is 1. The molecule has 0 spiro atoms. The van der Waals surface area contributed by atoms with Crippen LogP contribution in [0.25, 0.3) is 0 Å². The molecule has 0 bridgehead atoms. The van der Waals surface area contributed by atoms with Gasteiger partial charge in [0.05, 0.1) is 13.2 Å². The van der Waals surface area contributed by atoms with Gasteiger partial charge >= 0.3 is 12.1 Å². The standard InChI is InChI=1S/C16H23N3O5/c1-3-23-14-12(6-5-7-17-14)13(15(20)21)18-8-10-19(11-9-18)16(22)24-4-2/h5-7,13H,3-4,8-11H2,1-2H3,(H,20,21)/t13-/m1/s1. The molecule has 8 heteroatoms. The summed E-state index contributed by atoms with van der Waals surface area (Å²) in [6, 6.07) is 2.56. The second-order valence-corrected chi connectivity index (χ2v) is 5.29. The third kappa shape index (κ3) is 4.14. The van der Waals surface area contributed by atoms with Gasteiger partial charge in [0.15, 0.2) is 0 Å². The molecule has 1 fully saturated rings. The normalized spacial score (nSPS) is 16.5. The highest BCUT2D eigenvalue weighted by atomic mass is 16.6. The molecule has 1 aliphatic rings. The smallest absolute Gasteiger partial charge is 0.409 e. The summed E-state index contributed by atoms with van der Waals surface area (Å²) < 4.78 is 10.4. The van der Waals surface area contributed by atoms with Crippen LogP contribution in [-0.2, 0) is 9.53 Å². The zero-order valence-corrected chi connectivity index (χ0v) is 14.0. The minimum atomic E-state index is -0.964. The molecule has 1 aromatic heterocycles. The average Bonchev–Trinajstić information content (AvgIpc) is 2.57. The molecule has 1 N–H and O–H groups in total. The molecule has 0 radical (unpaired) electrons. The lowest BCUT2D eigenvalue weighted by Gasteiger charge is -2.37. The molecule has 1 atom stereocenters. The molecule has 1 aliphatic heterocycles. The molecule has 24 heavy (non-hydrogen) atoms. The number of carboxylic acids is 1. The Morgan fingerprint density at radius 2 is 1.96 bits per heavy atom. The largest absolute Gasteiger partial charge is 0.480 e. The van der Waals surface area contributed by atoms with Crippen molar-refractivity contribution in [3.8, 4) is 5.88 Å². The monoisotopic (exact) mass is 337 g/mol. The molecule has 1 aromatic rings. The molecular weight excluding hydrogens is 314 g/mol. The quantitative estimate of drug-likeness (QED) is 0.838. The number of aromatic nitrogens is 1. The molecule has 132 valence electrons. The van der Waals surface area contributed by atoms with Gasteiger partial charge in [-0.25, -0.2) is 9.78 Å². The summed E-state index contributed by atoms with van der Waals surface area (Å²) in [6.07, 6.45) is 1.21. The fourth-order valence-electron chi connectivity index (χ4n) is 2.73. The number of carboxylic acid groups (broad SMARTS) is 1. The Morgan fingerprint density at radius 1 is 1.25 bits per heavy atom. The first-order chi connectivity index (χ1) is 11.6. The zero-order valence-electron chi connectivity index (χ0n) is 14.0. The van der Waals surface area contributed by atoms with Crippen LogP contribution in [0.4, 0.5) is 4.79 Å². The van der Waals surface area contributed by atoms with E-state index >= 15 is 0 Å². The fourth-order valence-corrected chi connectivity index (χ4v) is 2.73. The van der Waals surface area contributed by atoms with E-state index in [0.29, 0.717) is 50.8 Å². The van der Waals surface area contributed by atoms with Crippen LogP contribution >= 0.6 is 0 Å². The van der Waals surface area contributed by atoms with Crippen LogP contribution in [0.5, 0.6) is 5.88 Å². The molecule has 2 heterocycles. The molecule has 8 nitrogen and oxygen atoms in total. The topological polar surface area (TPSA) is 92.2 Å². The van der Waals surface area contributed by atoms with E-state index in [1.807, 2.05) is 11.8 Å². The second-order valence-electron chi connectivity index (χ2n) is 5.29. The number of aliphatic carboxylic acids is 1. The first-order valence-electron chi connectivity index (χ1n) is 8.04. The minimum absolute atomic E-state index is 0.324. The van der Waals surface area contributed by atoms with Gasteiger partial charge in [0.2, 0.25) is 5.88 Å². The van der Waals surface area contributed by atoms with Gasteiger partial charge in [-0.2, -0.15) is 0 Å². The van der Waals surface area contributed by atoms with Gasteiger partial charge in [-0.1, -0.05) is 0 Å². The Hall–Kier alpha value is -2.35. The second kappa shape index (κ2) is 8.49. The predicted octanol–water partition coefficient (Wildman–Crippen LogP) is 1.38. The van der Waals surface area contributed by atoms with Crippen LogP contribution in [0.3, 0.4) is 0 Å². The van der Waals surface area contributed by atoms with Crippen LogP contribution in [0.15, 0.2) is 18.3 Å². The summed E-state index contributed by atoms with van der Waals surface area (Å²) in [5.74, 6) is -0.631. The molecule has 0 unspecified atom stereocenters. The first-order valence-corrected chi connectivity index (χ1v) is 8.04. The van der Waals surface area contributed by atoms with E-state index in [9.17, 15) is 14.7 Å². The van der Waals surface area contributed by atoms with E-state index in [4.69, 9.17) is 9.47 Å². The highest BCUT2D eigenvalue weighted by molar-refractivity contribution is 5.76. The summed E-state index contributed by atoms with van der Waals surface area (Å²) in [7, 11) is 0. The van der Waals surface area contributed by atoms with Crippen LogP contribution in [-0.4, -0.2) is 71.3 Å². The number of carbonyl (C=O) groups excluding carboxylic acids is 1. The van der Waals surface area contributed by atoms with E-state index < -0.39 is 12.0 Å². The maximum atomic E-state index is 11.8. The van der Waals surface area contributed by atoms with Gasteiger partial charge in [-0.15, -0.1) is 0 Å². The Bertz CT molecular complexity index is 573. The summed E-state index contributed by atoms with van der Waals surface area (Å²) in [4.78, 5) is 31.1. The van der Waals surface area contributed by atoms with E-state index in [1.165, 1.54) is 0 Å². The number of piperazine rings is 1. The summed E-state index contributed by atoms with van der Waals surface area (Å²) in [5, 5.41) is 9.70. The molecule has 0 saturated carbocycles. The lowest BCUT2D eigenvalue weighted by Crippen LogP contribution is -2.51. The molecule has 1 amide bonds. The van der Waals surface area contributed by atoms with Gasteiger partial charge in [0, 0.05) is 37.9 Å². The first kappa shape index (κ1) is 18.0. The van der Waals surface area contributed by atoms with Crippen molar-refractivity contribution in [2.75, 3.05) is 39.4 Å². The van der Waals surface area contributed by atoms with Crippen LogP contribution in [0.2, 0.25) is 0 Å². The fraction of sp³-hybridized carbons (Fsp3) is 0.562. The summed E-state index contributed by atoms with van der Waals surface area (Å²) >= 11 is 0. The molecule has 0 aromatic carbocycles. The number of ether oxygens (including phenoxy) is 2. The van der Waals surface area contributed by atoms with Gasteiger partial charge in [-0.3, -0.25) is 9.69 Å². The number of hydrogen-bond acceptors (Lipinski definition) is 6. The molecule has 0 aliphatic carbocycles. The number of amides is 1. The van der Waals surface area contributed by atoms with Gasteiger partial charge in [-0.05, 0) is 26.0 Å². The van der Waals surface area contributed by atoms with E-state index in [-0.39, 0.29) is 6.09 Å². The van der Waals surface area contributed by atoms with Crippen molar-refractivity contribution >= 4 is 12.1 Å². The van der Waals surface area contributed by atoms with E-state index in [2.05, 4.69) is 4.98 Å². The number of nitrogens with zero attached hydrogens (tertiary/aromatic N) is 3.